The molecule has 1 atom stereocenters. The molecule has 0 spiro atoms. The Kier molecular flexibility index (Phi) is 65.3. The standard InChI is InChI=1S/C76H126O6/c1-4-7-10-13-16-19-22-24-26-28-30-31-32-33-34-35-36-37-38-39-40-41-42-43-44-45-47-48-50-52-54-57-60-63-66-69-75(78)81-72-73(71-80-74(77)68-65-62-59-56-21-18-15-12-9-6-3)82-76(79)70-67-64-61-58-55-53-51-49-46-29-27-25-23-20-17-14-11-8-5-2/h7-8,10-12,15-17,19-20,24-27,30-31,33-34,36-37,46,49,73H,4-6,9,13-14,18,21-23,28-29,32,35,38-45,47-48,50-72H2,1-3H3/b10-7-,11-8-,15-12-,19-16-,20-17-,26-24-,27-25-,31-30-,34-33-,37-36-,49-46-. The van der Waals surface area contributed by atoms with Crippen LogP contribution in [0.25, 0.3) is 0 Å². The Bertz CT molecular complexity index is 1730. The van der Waals surface area contributed by atoms with Gasteiger partial charge in [0.25, 0.3) is 0 Å². The van der Waals surface area contributed by atoms with Crippen LogP contribution in [0.4, 0.5) is 0 Å². The van der Waals surface area contributed by atoms with Crippen molar-refractivity contribution in [3.8, 4) is 0 Å². The number of unbranched alkanes of at least 4 members (excludes halogenated alkanes) is 28. The Balaban J connectivity index is 4.14. The predicted octanol–water partition coefficient (Wildman–Crippen LogP) is 23.7. The van der Waals surface area contributed by atoms with Gasteiger partial charge in [0.05, 0.1) is 0 Å². The second kappa shape index (κ2) is 69.0. The number of esters is 3. The van der Waals surface area contributed by atoms with E-state index in [4.69, 9.17) is 14.2 Å². The summed E-state index contributed by atoms with van der Waals surface area (Å²) in [6, 6.07) is 0. The third kappa shape index (κ3) is 66.4. The number of allylic oxidation sites excluding steroid dienone is 22. The summed E-state index contributed by atoms with van der Waals surface area (Å²) in [6.07, 6.45) is 97.7. The van der Waals surface area contributed by atoms with Crippen molar-refractivity contribution < 1.29 is 28.6 Å². The molecular weight excluding hydrogens is 1010 g/mol. The fraction of sp³-hybridized carbons (Fsp3) is 0.671. The van der Waals surface area contributed by atoms with Gasteiger partial charge in [-0.25, -0.2) is 0 Å². The van der Waals surface area contributed by atoms with Crippen molar-refractivity contribution in [2.75, 3.05) is 13.2 Å². The maximum atomic E-state index is 12.9. The number of rotatable bonds is 61. The van der Waals surface area contributed by atoms with Gasteiger partial charge in [-0.05, 0) is 128 Å². The van der Waals surface area contributed by atoms with Crippen molar-refractivity contribution in [2.45, 2.75) is 316 Å². The average molecular weight is 1140 g/mol. The van der Waals surface area contributed by atoms with Crippen LogP contribution in [0.2, 0.25) is 0 Å². The summed E-state index contributed by atoms with van der Waals surface area (Å²) in [5, 5.41) is 0. The highest BCUT2D eigenvalue weighted by Crippen LogP contribution is 2.16. The number of carbonyl (C=O) groups excluding carboxylic acids is 3. The van der Waals surface area contributed by atoms with Crippen LogP contribution in [-0.2, 0) is 28.6 Å². The fourth-order valence-corrected chi connectivity index (χ4v) is 9.32. The van der Waals surface area contributed by atoms with Crippen LogP contribution in [0.5, 0.6) is 0 Å². The van der Waals surface area contributed by atoms with Crippen LogP contribution in [0.3, 0.4) is 0 Å². The van der Waals surface area contributed by atoms with E-state index in [1.807, 2.05) is 0 Å². The van der Waals surface area contributed by atoms with Crippen molar-refractivity contribution in [1.29, 1.82) is 0 Å². The van der Waals surface area contributed by atoms with E-state index in [1.54, 1.807) is 0 Å². The molecule has 0 aromatic carbocycles. The van der Waals surface area contributed by atoms with Crippen molar-refractivity contribution >= 4 is 17.9 Å². The van der Waals surface area contributed by atoms with E-state index in [-0.39, 0.29) is 31.1 Å². The lowest BCUT2D eigenvalue weighted by atomic mass is 10.0. The van der Waals surface area contributed by atoms with E-state index in [0.717, 1.165) is 154 Å². The van der Waals surface area contributed by atoms with Gasteiger partial charge in [-0.1, -0.05) is 296 Å². The molecule has 0 saturated carbocycles. The molecule has 0 saturated heterocycles. The first kappa shape index (κ1) is 77.5. The first-order chi connectivity index (χ1) is 40.5. The Morgan fingerprint density at radius 1 is 0.256 bits per heavy atom. The maximum absolute atomic E-state index is 12.9. The topological polar surface area (TPSA) is 78.9 Å². The maximum Gasteiger partial charge on any atom is 0.306 e. The van der Waals surface area contributed by atoms with Crippen LogP contribution in [0, 0.1) is 0 Å². The molecule has 0 bridgehead atoms. The molecule has 0 aromatic rings. The average Bonchev–Trinajstić information content (AvgIpc) is 3.48. The number of hydrogen-bond donors (Lipinski definition) is 0. The van der Waals surface area contributed by atoms with Gasteiger partial charge in [0, 0.05) is 19.3 Å². The van der Waals surface area contributed by atoms with Crippen LogP contribution in [0.1, 0.15) is 310 Å². The molecule has 0 N–H and O–H groups in total. The van der Waals surface area contributed by atoms with Gasteiger partial charge in [-0.2, -0.15) is 0 Å². The Morgan fingerprint density at radius 2 is 0.476 bits per heavy atom. The second-order valence-corrected chi connectivity index (χ2v) is 22.3. The molecule has 1 unspecified atom stereocenters. The largest absolute Gasteiger partial charge is 0.462 e. The highest BCUT2D eigenvalue weighted by Gasteiger charge is 2.19. The van der Waals surface area contributed by atoms with E-state index in [9.17, 15) is 14.4 Å². The number of carbonyl (C=O) groups is 3. The smallest absolute Gasteiger partial charge is 0.306 e. The van der Waals surface area contributed by atoms with Crippen molar-refractivity contribution in [3.05, 3.63) is 134 Å². The molecule has 0 amide bonds. The SMILES string of the molecule is CC/C=C\C/C=C\C/C=C\C/C=C\C/C=C\C/C=C\CCCCCCCCCCCCCCCCCCC(=O)OCC(COC(=O)CCCCCCC/C=C\CCC)OC(=O)CCCCCCCC/C=C\C/C=C\C/C=C\C/C=C\CC. The molecule has 0 heterocycles. The lowest BCUT2D eigenvalue weighted by Gasteiger charge is -2.18. The molecule has 6 nitrogen and oxygen atoms in total. The van der Waals surface area contributed by atoms with E-state index in [0.29, 0.717) is 19.3 Å². The first-order valence-electron chi connectivity index (χ1n) is 34.2. The Hall–Kier alpha value is -4.45. The first-order valence-corrected chi connectivity index (χ1v) is 34.2. The zero-order chi connectivity index (χ0) is 59.2. The van der Waals surface area contributed by atoms with Crippen LogP contribution >= 0.6 is 0 Å². The highest BCUT2D eigenvalue weighted by atomic mass is 16.6. The number of ether oxygens (including phenoxy) is 3. The minimum absolute atomic E-state index is 0.0872. The minimum atomic E-state index is -0.792. The van der Waals surface area contributed by atoms with Crippen molar-refractivity contribution in [1.82, 2.24) is 0 Å². The summed E-state index contributed by atoms with van der Waals surface area (Å²) in [5.41, 5.74) is 0. The summed E-state index contributed by atoms with van der Waals surface area (Å²) in [7, 11) is 0. The third-order valence-corrected chi connectivity index (χ3v) is 14.4. The lowest BCUT2D eigenvalue weighted by molar-refractivity contribution is -0.167. The molecule has 466 valence electrons. The zero-order valence-corrected chi connectivity index (χ0v) is 53.5. The normalized spacial score (nSPS) is 13.0. The molecule has 6 heteroatoms. The van der Waals surface area contributed by atoms with Gasteiger partial charge in [-0.3, -0.25) is 14.4 Å². The van der Waals surface area contributed by atoms with Crippen molar-refractivity contribution in [2.24, 2.45) is 0 Å². The monoisotopic (exact) mass is 1130 g/mol. The van der Waals surface area contributed by atoms with Gasteiger partial charge in [0.15, 0.2) is 6.10 Å². The van der Waals surface area contributed by atoms with Crippen LogP contribution in [0.15, 0.2) is 134 Å². The summed E-state index contributed by atoms with van der Waals surface area (Å²) in [4.78, 5) is 38.3. The molecule has 0 rings (SSSR count). The Morgan fingerprint density at radius 3 is 0.756 bits per heavy atom. The van der Waals surface area contributed by atoms with Gasteiger partial charge < -0.3 is 14.2 Å². The van der Waals surface area contributed by atoms with Gasteiger partial charge in [0.2, 0.25) is 0 Å². The van der Waals surface area contributed by atoms with Gasteiger partial charge in [-0.15, -0.1) is 0 Å². The molecule has 0 aliphatic carbocycles. The van der Waals surface area contributed by atoms with E-state index in [1.165, 1.54) is 116 Å². The van der Waals surface area contributed by atoms with E-state index < -0.39 is 6.10 Å². The summed E-state index contributed by atoms with van der Waals surface area (Å²) in [6.45, 7) is 6.35. The molecule has 0 aliphatic heterocycles. The lowest BCUT2D eigenvalue weighted by Crippen LogP contribution is -2.30. The molecule has 0 aliphatic rings. The van der Waals surface area contributed by atoms with Crippen molar-refractivity contribution in [3.63, 3.8) is 0 Å². The quantitative estimate of drug-likeness (QED) is 0.0261. The molecule has 82 heavy (non-hydrogen) atoms. The van der Waals surface area contributed by atoms with Gasteiger partial charge >= 0.3 is 17.9 Å². The predicted molar refractivity (Wildman–Crippen MR) is 357 cm³/mol. The van der Waals surface area contributed by atoms with Gasteiger partial charge in [0.1, 0.15) is 13.2 Å². The second-order valence-electron chi connectivity index (χ2n) is 22.3. The third-order valence-electron chi connectivity index (χ3n) is 14.4. The molecule has 0 fully saturated rings. The molecular formula is C76H126O6. The summed E-state index contributed by atoms with van der Waals surface area (Å²) in [5.74, 6) is -0.907. The van der Waals surface area contributed by atoms with E-state index >= 15 is 0 Å². The molecule has 0 radical (unpaired) electrons. The number of hydrogen-bond acceptors (Lipinski definition) is 6. The zero-order valence-electron chi connectivity index (χ0n) is 53.5. The van der Waals surface area contributed by atoms with Crippen LogP contribution < -0.4 is 0 Å². The van der Waals surface area contributed by atoms with E-state index in [2.05, 4.69) is 154 Å². The minimum Gasteiger partial charge on any atom is -0.462 e. The Labute approximate surface area is 506 Å². The summed E-state index contributed by atoms with van der Waals surface area (Å²) >= 11 is 0. The summed E-state index contributed by atoms with van der Waals surface area (Å²) < 4.78 is 16.9. The van der Waals surface area contributed by atoms with Crippen LogP contribution in [-0.4, -0.2) is 37.2 Å². The fourth-order valence-electron chi connectivity index (χ4n) is 9.32. The molecule has 0 aromatic heterocycles. The highest BCUT2D eigenvalue weighted by molar-refractivity contribution is 5.71.